The number of carboxylic acid groups (broad SMARTS) is 1. The van der Waals surface area contributed by atoms with Crippen molar-refractivity contribution in [1.29, 1.82) is 0 Å². The first kappa shape index (κ1) is 19.7. The molecular formula is C14H26N4O2S. The number of aromatic nitrogens is 3. The summed E-state index contributed by atoms with van der Waals surface area (Å²) in [6, 6.07) is 0. The topological polar surface area (TPSA) is 94.0 Å². The molecule has 0 atom stereocenters. The van der Waals surface area contributed by atoms with Crippen molar-refractivity contribution in [2.24, 2.45) is 12.8 Å². The molecule has 1 rings (SSSR count). The fourth-order valence-corrected chi connectivity index (χ4v) is 2.23. The van der Waals surface area contributed by atoms with Crippen molar-refractivity contribution in [3.63, 3.8) is 0 Å². The first-order valence-corrected chi connectivity index (χ1v) is 7.97. The van der Waals surface area contributed by atoms with Gasteiger partial charge in [-0.2, -0.15) is 0 Å². The number of hydrogen-bond acceptors (Lipinski definition) is 5. The maximum atomic E-state index is 9.00. The number of nitrogens with zero attached hydrogens (tertiary/aromatic N) is 3. The highest BCUT2D eigenvalue weighted by Gasteiger charge is 2.07. The van der Waals surface area contributed by atoms with Crippen molar-refractivity contribution in [2.75, 3.05) is 12.3 Å². The van der Waals surface area contributed by atoms with Crippen LogP contribution in [0.2, 0.25) is 0 Å². The molecule has 0 amide bonds. The molecule has 120 valence electrons. The van der Waals surface area contributed by atoms with E-state index >= 15 is 0 Å². The van der Waals surface area contributed by atoms with Gasteiger partial charge in [-0.15, -0.1) is 10.2 Å². The van der Waals surface area contributed by atoms with Gasteiger partial charge < -0.3 is 15.4 Å². The first-order chi connectivity index (χ1) is 9.92. The number of nitrogens with two attached hydrogens (primary N) is 1. The molecule has 0 saturated carbocycles. The second-order valence-electron chi connectivity index (χ2n) is 4.56. The molecule has 1 heterocycles. The third kappa shape index (κ3) is 9.25. The van der Waals surface area contributed by atoms with E-state index in [1.807, 2.05) is 11.6 Å². The maximum Gasteiger partial charge on any atom is 0.300 e. The van der Waals surface area contributed by atoms with Crippen molar-refractivity contribution < 1.29 is 9.90 Å². The summed E-state index contributed by atoms with van der Waals surface area (Å²) >= 11 is 1.75. The van der Waals surface area contributed by atoms with Gasteiger partial charge in [0.2, 0.25) is 0 Å². The van der Waals surface area contributed by atoms with E-state index in [0.29, 0.717) is 6.54 Å². The van der Waals surface area contributed by atoms with Gasteiger partial charge in [-0.1, -0.05) is 30.3 Å². The molecule has 0 saturated heterocycles. The summed E-state index contributed by atoms with van der Waals surface area (Å²) in [5, 5.41) is 16.7. The minimum Gasteiger partial charge on any atom is -0.481 e. The third-order valence-electron chi connectivity index (χ3n) is 2.69. The number of aliphatic carboxylic acids is 1. The Labute approximate surface area is 130 Å². The monoisotopic (exact) mass is 314 g/mol. The smallest absolute Gasteiger partial charge is 0.300 e. The lowest BCUT2D eigenvalue weighted by atomic mass is 10.2. The molecule has 1 aromatic heterocycles. The molecule has 3 N–H and O–H groups in total. The molecule has 0 fully saturated rings. The van der Waals surface area contributed by atoms with E-state index in [1.165, 1.54) is 5.57 Å². The van der Waals surface area contributed by atoms with E-state index in [9.17, 15) is 0 Å². The summed E-state index contributed by atoms with van der Waals surface area (Å²) in [5.74, 6) is 1.18. The number of rotatable bonds is 7. The largest absolute Gasteiger partial charge is 0.481 e. The van der Waals surface area contributed by atoms with Crippen molar-refractivity contribution >= 4 is 17.7 Å². The summed E-state index contributed by atoms with van der Waals surface area (Å²) in [6.45, 7) is 6.06. The minimum absolute atomic E-state index is 0.620. The van der Waals surface area contributed by atoms with Crippen LogP contribution in [0, 0.1) is 0 Å². The normalized spacial score (nSPS) is 11.0. The predicted octanol–water partition coefficient (Wildman–Crippen LogP) is 2.25. The molecule has 0 aliphatic heterocycles. The van der Waals surface area contributed by atoms with Gasteiger partial charge in [-0.05, 0) is 26.3 Å². The molecule has 0 aliphatic rings. The van der Waals surface area contributed by atoms with E-state index in [1.54, 1.807) is 11.8 Å². The molecule has 0 aliphatic carbocycles. The summed E-state index contributed by atoms with van der Waals surface area (Å²) in [4.78, 5) is 9.00. The molecule has 0 unspecified atom stereocenters. The van der Waals surface area contributed by atoms with E-state index in [-0.39, 0.29) is 0 Å². The zero-order valence-electron chi connectivity index (χ0n) is 13.3. The number of hydrogen-bond donors (Lipinski definition) is 2. The lowest BCUT2D eigenvalue weighted by Gasteiger charge is -2.02. The van der Waals surface area contributed by atoms with Gasteiger partial charge in [0, 0.05) is 26.1 Å². The van der Waals surface area contributed by atoms with E-state index < -0.39 is 5.97 Å². The Balaban J connectivity index is 0.000000885. The lowest BCUT2D eigenvalue weighted by molar-refractivity contribution is -0.134. The van der Waals surface area contributed by atoms with Gasteiger partial charge >= 0.3 is 0 Å². The second kappa shape index (κ2) is 11.3. The van der Waals surface area contributed by atoms with Gasteiger partial charge in [0.05, 0.1) is 0 Å². The number of allylic oxidation sites excluding steroid dienone is 2. The number of carbonyl (C=O) groups is 1. The van der Waals surface area contributed by atoms with E-state index in [4.69, 9.17) is 15.6 Å². The van der Waals surface area contributed by atoms with Crippen LogP contribution in [0.4, 0.5) is 0 Å². The van der Waals surface area contributed by atoms with Crippen molar-refractivity contribution in [3.8, 4) is 0 Å². The standard InChI is InChI=1S/C12H22N4S.C2H4O2/c1-4-10(2)6-5-9-17-12-15-14-11(7-8-13)16(12)3;1-2(3)4/h6H,4-5,7-9,13H2,1-3H3;1H3,(H,3,4)/b10-6+;. The van der Waals surface area contributed by atoms with Crippen LogP contribution >= 0.6 is 11.8 Å². The van der Waals surface area contributed by atoms with E-state index in [0.717, 1.165) is 42.9 Å². The molecule has 21 heavy (non-hydrogen) atoms. The first-order valence-electron chi connectivity index (χ1n) is 6.98. The van der Waals surface area contributed by atoms with Crippen molar-refractivity contribution in [3.05, 3.63) is 17.5 Å². The SMILES string of the molecule is CC(=O)O.CC/C(C)=C/CCSc1nnc(CCN)n1C. The summed E-state index contributed by atoms with van der Waals surface area (Å²) < 4.78 is 2.04. The Bertz CT molecular complexity index is 454. The molecule has 0 bridgehead atoms. The highest BCUT2D eigenvalue weighted by molar-refractivity contribution is 7.99. The zero-order chi connectivity index (χ0) is 16.3. The van der Waals surface area contributed by atoms with Crippen LogP contribution in [0.1, 0.15) is 39.4 Å². The molecule has 0 spiro atoms. The fourth-order valence-electron chi connectivity index (χ4n) is 1.42. The van der Waals surface area contributed by atoms with Gasteiger partial charge in [-0.3, -0.25) is 4.79 Å². The molecular weight excluding hydrogens is 288 g/mol. The predicted molar refractivity (Wildman–Crippen MR) is 86.5 cm³/mol. The van der Waals surface area contributed by atoms with Crippen LogP contribution in [-0.2, 0) is 18.3 Å². The molecule has 1 aromatic rings. The summed E-state index contributed by atoms with van der Waals surface area (Å²) in [5.41, 5.74) is 6.96. The average molecular weight is 314 g/mol. The van der Waals surface area contributed by atoms with Crippen LogP contribution in [0.25, 0.3) is 0 Å². The van der Waals surface area contributed by atoms with Crippen molar-refractivity contribution in [1.82, 2.24) is 14.8 Å². The Morgan fingerprint density at radius 1 is 1.43 bits per heavy atom. The lowest BCUT2D eigenvalue weighted by Crippen LogP contribution is -2.08. The van der Waals surface area contributed by atoms with E-state index in [2.05, 4.69) is 30.1 Å². The molecule has 0 aromatic carbocycles. The Morgan fingerprint density at radius 2 is 2.05 bits per heavy atom. The van der Waals surface area contributed by atoms with Crippen molar-refractivity contribution in [2.45, 2.75) is 45.2 Å². The quantitative estimate of drug-likeness (QED) is 0.455. The van der Waals surface area contributed by atoms with Gasteiger partial charge in [-0.25, -0.2) is 0 Å². The number of thioether (sulfide) groups is 1. The summed E-state index contributed by atoms with van der Waals surface area (Å²) in [6.07, 6.45) is 5.31. The zero-order valence-corrected chi connectivity index (χ0v) is 14.1. The highest BCUT2D eigenvalue weighted by Crippen LogP contribution is 2.17. The molecule has 6 nitrogen and oxygen atoms in total. The Kier molecular flexibility index (Phi) is 10.6. The molecule has 0 radical (unpaired) electrons. The minimum atomic E-state index is -0.833. The van der Waals surface area contributed by atoms with Gasteiger partial charge in [0.15, 0.2) is 5.16 Å². The van der Waals surface area contributed by atoms with Crippen LogP contribution in [0.3, 0.4) is 0 Å². The highest BCUT2D eigenvalue weighted by atomic mass is 32.2. The van der Waals surface area contributed by atoms with Crippen LogP contribution in [0.15, 0.2) is 16.8 Å². The Hall–Kier alpha value is -1.34. The van der Waals surface area contributed by atoms with Gasteiger partial charge in [0.1, 0.15) is 5.82 Å². The number of carboxylic acids is 1. The van der Waals surface area contributed by atoms with Gasteiger partial charge in [0.25, 0.3) is 5.97 Å². The van der Waals surface area contributed by atoms with Crippen LogP contribution in [0.5, 0.6) is 0 Å². The third-order valence-corrected chi connectivity index (χ3v) is 3.75. The molecule has 7 heteroatoms. The fraction of sp³-hybridized carbons (Fsp3) is 0.643. The maximum absolute atomic E-state index is 9.00. The van der Waals surface area contributed by atoms with Crippen LogP contribution < -0.4 is 5.73 Å². The average Bonchev–Trinajstić information content (AvgIpc) is 2.76. The van der Waals surface area contributed by atoms with Crippen LogP contribution in [-0.4, -0.2) is 38.1 Å². The summed E-state index contributed by atoms with van der Waals surface area (Å²) in [7, 11) is 2.00. The Morgan fingerprint density at radius 3 is 2.57 bits per heavy atom. The second-order valence-corrected chi connectivity index (χ2v) is 5.62.